The first kappa shape index (κ1) is 17.1. The van der Waals surface area contributed by atoms with E-state index >= 15 is 0 Å². The van der Waals surface area contributed by atoms with Crippen LogP contribution in [0.3, 0.4) is 0 Å². The Morgan fingerprint density at radius 3 is 2.83 bits per heavy atom. The maximum absolute atomic E-state index is 6.29. The molecule has 1 atom stereocenters. The molecule has 2 heterocycles. The lowest BCUT2D eigenvalue weighted by Crippen LogP contribution is -2.24. The normalized spacial score (nSPS) is 12.7. The van der Waals surface area contributed by atoms with Gasteiger partial charge in [0.15, 0.2) is 0 Å². The van der Waals surface area contributed by atoms with E-state index in [0.717, 1.165) is 34.8 Å². The monoisotopic (exact) mass is 361 g/mol. The van der Waals surface area contributed by atoms with Gasteiger partial charge in [0.2, 0.25) is 11.7 Å². The predicted molar refractivity (Wildman–Crippen MR) is 98.4 cm³/mol. The molecule has 0 saturated heterocycles. The van der Waals surface area contributed by atoms with Crippen molar-refractivity contribution in [3.63, 3.8) is 0 Å². The van der Waals surface area contributed by atoms with Crippen LogP contribution in [0.4, 0.5) is 0 Å². The highest BCUT2D eigenvalue weighted by molar-refractivity contribution is 7.13. The first-order chi connectivity index (χ1) is 11.6. The zero-order valence-electron chi connectivity index (χ0n) is 13.8. The third kappa shape index (κ3) is 4.04. The molecule has 0 saturated carbocycles. The Morgan fingerprint density at radius 1 is 1.25 bits per heavy atom. The molecule has 24 heavy (non-hydrogen) atoms. The summed E-state index contributed by atoms with van der Waals surface area (Å²) >= 11 is 7.90. The molecule has 4 nitrogen and oxygen atoms in total. The van der Waals surface area contributed by atoms with Gasteiger partial charge in [0.1, 0.15) is 0 Å². The molecule has 3 aromatic rings. The first-order valence-electron chi connectivity index (χ1n) is 7.96. The Hall–Kier alpha value is -1.69. The van der Waals surface area contributed by atoms with Gasteiger partial charge < -0.3 is 4.52 Å². The fraction of sp³-hybridized carbons (Fsp3) is 0.333. The molecule has 0 amide bonds. The number of nitrogens with zero attached hydrogens (tertiary/aromatic N) is 3. The van der Waals surface area contributed by atoms with Crippen LogP contribution in [-0.4, -0.2) is 28.6 Å². The van der Waals surface area contributed by atoms with E-state index in [9.17, 15) is 0 Å². The molecule has 0 fully saturated rings. The van der Waals surface area contributed by atoms with Gasteiger partial charge in [0.25, 0.3) is 0 Å². The predicted octanol–water partition coefficient (Wildman–Crippen LogP) is 5.08. The van der Waals surface area contributed by atoms with Crippen LogP contribution in [-0.2, 0) is 6.42 Å². The second kappa shape index (κ2) is 7.92. The minimum atomic E-state index is 0.267. The van der Waals surface area contributed by atoms with Crippen LogP contribution in [0.5, 0.6) is 0 Å². The molecule has 3 rings (SSSR count). The summed E-state index contributed by atoms with van der Waals surface area (Å²) in [5.41, 5.74) is 1.15. The van der Waals surface area contributed by atoms with Crippen molar-refractivity contribution >= 4 is 22.9 Å². The van der Waals surface area contributed by atoms with Crippen LogP contribution in [0.1, 0.15) is 30.8 Å². The fourth-order valence-corrected chi connectivity index (χ4v) is 3.53. The van der Waals surface area contributed by atoms with Gasteiger partial charge in [0.05, 0.1) is 4.88 Å². The first-order valence-corrected chi connectivity index (χ1v) is 9.22. The molecular formula is C18H20ClN3OS. The second-order valence-electron chi connectivity index (χ2n) is 5.77. The number of halogens is 1. The molecule has 0 aliphatic carbocycles. The van der Waals surface area contributed by atoms with E-state index in [4.69, 9.17) is 16.1 Å². The van der Waals surface area contributed by atoms with Gasteiger partial charge in [-0.15, -0.1) is 11.3 Å². The number of hydrogen-bond acceptors (Lipinski definition) is 5. The van der Waals surface area contributed by atoms with Crippen molar-refractivity contribution < 1.29 is 4.52 Å². The summed E-state index contributed by atoms with van der Waals surface area (Å²) in [4.78, 5) is 7.79. The SMILES string of the molecule is CC(c1ccccc1Cl)N(C)CCCc1nc(-c2cccs2)no1. The Labute approximate surface area is 151 Å². The molecule has 6 heteroatoms. The van der Waals surface area contributed by atoms with Crippen molar-refractivity contribution in [2.24, 2.45) is 0 Å². The quantitative estimate of drug-likeness (QED) is 0.588. The topological polar surface area (TPSA) is 42.2 Å². The van der Waals surface area contributed by atoms with Crippen molar-refractivity contribution in [1.29, 1.82) is 0 Å². The van der Waals surface area contributed by atoms with Gasteiger partial charge in [-0.3, -0.25) is 4.90 Å². The van der Waals surface area contributed by atoms with Crippen molar-refractivity contribution in [3.8, 4) is 10.7 Å². The van der Waals surface area contributed by atoms with Crippen LogP contribution in [0.15, 0.2) is 46.3 Å². The maximum Gasteiger partial charge on any atom is 0.227 e. The number of aryl methyl sites for hydroxylation is 1. The summed E-state index contributed by atoms with van der Waals surface area (Å²) in [5, 5.41) is 6.87. The maximum atomic E-state index is 6.29. The summed E-state index contributed by atoms with van der Waals surface area (Å²) < 4.78 is 5.34. The molecule has 0 radical (unpaired) electrons. The molecular weight excluding hydrogens is 342 g/mol. The highest BCUT2D eigenvalue weighted by Crippen LogP contribution is 2.26. The summed E-state index contributed by atoms with van der Waals surface area (Å²) in [6.45, 7) is 3.10. The van der Waals surface area contributed by atoms with Crippen molar-refractivity contribution in [3.05, 3.63) is 58.3 Å². The highest BCUT2D eigenvalue weighted by atomic mass is 35.5. The Morgan fingerprint density at radius 2 is 2.08 bits per heavy atom. The number of benzene rings is 1. The van der Waals surface area contributed by atoms with Gasteiger partial charge in [0, 0.05) is 17.5 Å². The lowest BCUT2D eigenvalue weighted by Gasteiger charge is -2.25. The Balaban J connectivity index is 1.52. The van der Waals surface area contributed by atoms with Crippen molar-refractivity contribution in [2.75, 3.05) is 13.6 Å². The van der Waals surface area contributed by atoms with E-state index in [-0.39, 0.29) is 6.04 Å². The lowest BCUT2D eigenvalue weighted by atomic mass is 10.1. The van der Waals surface area contributed by atoms with Crippen LogP contribution in [0.2, 0.25) is 5.02 Å². The standard InChI is InChI=1S/C18H20ClN3OS/c1-13(14-7-3-4-8-15(14)19)22(2)11-5-10-17-20-18(21-23-17)16-9-6-12-24-16/h3-4,6-9,12-13H,5,10-11H2,1-2H3. The summed E-state index contributed by atoms with van der Waals surface area (Å²) in [5.74, 6) is 1.37. The third-order valence-electron chi connectivity index (χ3n) is 4.13. The number of thiophene rings is 1. The molecule has 2 aromatic heterocycles. The Kier molecular flexibility index (Phi) is 5.66. The van der Waals surface area contributed by atoms with Gasteiger partial charge >= 0.3 is 0 Å². The minimum Gasteiger partial charge on any atom is -0.339 e. The number of hydrogen-bond donors (Lipinski definition) is 0. The van der Waals surface area contributed by atoms with Gasteiger partial charge in [-0.25, -0.2) is 0 Å². The largest absolute Gasteiger partial charge is 0.339 e. The molecule has 1 aromatic carbocycles. The lowest BCUT2D eigenvalue weighted by molar-refractivity contribution is 0.254. The zero-order chi connectivity index (χ0) is 16.9. The molecule has 0 N–H and O–H groups in total. The average molecular weight is 362 g/mol. The van der Waals surface area contributed by atoms with Gasteiger partial charge in [-0.2, -0.15) is 4.98 Å². The van der Waals surface area contributed by atoms with Crippen LogP contribution in [0.25, 0.3) is 10.7 Å². The molecule has 0 aliphatic rings. The molecule has 0 bridgehead atoms. The highest BCUT2D eigenvalue weighted by Gasteiger charge is 2.15. The van der Waals surface area contributed by atoms with Crippen LogP contribution >= 0.6 is 22.9 Å². The summed E-state index contributed by atoms with van der Waals surface area (Å²) in [7, 11) is 2.11. The van der Waals surface area contributed by atoms with Crippen molar-refractivity contribution in [2.45, 2.75) is 25.8 Å². The van der Waals surface area contributed by atoms with Gasteiger partial charge in [-0.1, -0.05) is 41.0 Å². The Bertz CT molecular complexity index is 772. The smallest absolute Gasteiger partial charge is 0.227 e. The van der Waals surface area contributed by atoms with Gasteiger partial charge in [-0.05, 0) is 50.0 Å². The third-order valence-corrected chi connectivity index (χ3v) is 5.34. The average Bonchev–Trinajstić information content (AvgIpc) is 3.26. The van der Waals surface area contributed by atoms with E-state index in [1.165, 1.54) is 0 Å². The van der Waals surface area contributed by atoms with Crippen LogP contribution in [0, 0.1) is 0 Å². The molecule has 1 unspecified atom stereocenters. The van der Waals surface area contributed by atoms with E-state index in [0.29, 0.717) is 11.7 Å². The zero-order valence-corrected chi connectivity index (χ0v) is 15.3. The molecule has 0 spiro atoms. The number of aromatic nitrogens is 2. The number of rotatable bonds is 7. The second-order valence-corrected chi connectivity index (χ2v) is 7.13. The van der Waals surface area contributed by atoms with Crippen molar-refractivity contribution in [1.82, 2.24) is 15.0 Å². The fourth-order valence-electron chi connectivity index (χ4n) is 2.59. The summed E-state index contributed by atoms with van der Waals surface area (Å²) in [6.07, 6.45) is 1.73. The molecule has 0 aliphatic heterocycles. The van der Waals surface area contributed by atoms with E-state index < -0.39 is 0 Å². The minimum absolute atomic E-state index is 0.267. The summed E-state index contributed by atoms with van der Waals surface area (Å²) in [6, 6.07) is 12.2. The van der Waals surface area contributed by atoms with E-state index in [1.807, 2.05) is 35.7 Å². The molecule has 126 valence electrons. The van der Waals surface area contributed by atoms with Crippen LogP contribution < -0.4 is 0 Å². The van der Waals surface area contributed by atoms with E-state index in [1.54, 1.807) is 11.3 Å². The van der Waals surface area contributed by atoms with E-state index in [2.05, 4.69) is 35.1 Å².